The van der Waals surface area contributed by atoms with Crippen molar-refractivity contribution in [1.29, 1.82) is 0 Å². The van der Waals surface area contributed by atoms with E-state index in [1.807, 2.05) is 0 Å². The van der Waals surface area contributed by atoms with E-state index in [1.54, 1.807) is 30.3 Å². The Labute approximate surface area is 120 Å². The van der Waals surface area contributed by atoms with Gasteiger partial charge in [-0.15, -0.1) is 0 Å². The largest absolute Gasteiger partial charge is 0.488 e. The zero-order valence-corrected chi connectivity index (χ0v) is 11.3. The molecule has 0 spiro atoms. The molecule has 0 aliphatic heterocycles. The molecule has 0 aromatic heterocycles. The van der Waals surface area contributed by atoms with Crippen LogP contribution in [-0.2, 0) is 12.8 Å². The van der Waals surface area contributed by atoms with Gasteiger partial charge in [-0.1, -0.05) is 36.4 Å². The summed E-state index contributed by atoms with van der Waals surface area (Å²) in [6, 6.07) is 12.0. The topological polar surface area (TPSA) is 26.3 Å². The van der Waals surface area contributed by atoms with E-state index in [1.165, 1.54) is 6.92 Å². The molecule has 5 heteroatoms. The van der Waals surface area contributed by atoms with Crippen LogP contribution in [-0.4, -0.2) is 5.78 Å². The van der Waals surface area contributed by atoms with Crippen molar-refractivity contribution in [3.63, 3.8) is 0 Å². The summed E-state index contributed by atoms with van der Waals surface area (Å²) in [6.45, 7) is 1.30. The number of ketones is 1. The summed E-state index contributed by atoms with van der Waals surface area (Å²) < 4.78 is 44.1. The van der Waals surface area contributed by atoms with Crippen molar-refractivity contribution in [1.82, 2.24) is 0 Å². The summed E-state index contributed by atoms with van der Waals surface area (Å²) in [5.41, 5.74) is 0.0494. The number of hydrogen-bond acceptors (Lipinski definition) is 2. The molecule has 0 amide bonds. The number of ether oxygens (including phenoxy) is 1. The Bertz CT molecular complexity index is 634. The predicted octanol–water partition coefficient (Wildman–Crippen LogP) is 4.49. The number of alkyl halides is 3. The van der Waals surface area contributed by atoms with Gasteiger partial charge in [0.25, 0.3) is 0 Å². The quantitative estimate of drug-likeness (QED) is 0.777. The second-order valence-electron chi connectivity index (χ2n) is 4.54. The molecule has 0 saturated heterocycles. The number of carbonyl (C=O) groups excluding carboxylic acids is 1. The van der Waals surface area contributed by atoms with E-state index >= 15 is 0 Å². The summed E-state index contributed by atoms with van der Waals surface area (Å²) in [5.74, 6) is -0.646. The van der Waals surface area contributed by atoms with E-state index in [9.17, 15) is 18.0 Å². The molecule has 0 N–H and O–H groups in total. The highest BCUT2D eigenvalue weighted by Crippen LogP contribution is 2.37. The summed E-state index contributed by atoms with van der Waals surface area (Å²) in [4.78, 5) is 11.3. The fraction of sp³-hybridized carbons (Fsp3) is 0.188. The molecule has 0 bridgehead atoms. The maximum absolute atomic E-state index is 12.9. The number of Topliss-reactive ketones (excluding diaryl/α,β-unsaturated/α-hetero) is 1. The summed E-state index contributed by atoms with van der Waals surface area (Å²) in [6.07, 6.45) is -4.53. The van der Waals surface area contributed by atoms with Crippen LogP contribution >= 0.6 is 0 Å². The summed E-state index contributed by atoms with van der Waals surface area (Å²) >= 11 is 0. The van der Waals surface area contributed by atoms with Gasteiger partial charge >= 0.3 is 6.18 Å². The Balaban J connectivity index is 2.30. The second-order valence-corrected chi connectivity index (χ2v) is 4.54. The number of benzene rings is 2. The monoisotopic (exact) mass is 294 g/mol. The Kier molecular flexibility index (Phi) is 4.31. The van der Waals surface area contributed by atoms with Crippen LogP contribution in [0.4, 0.5) is 13.2 Å². The molecule has 110 valence electrons. The van der Waals surface area contributed by atoms with Gasteiger partial charge in [0.2, 0.25) is 0 Å². The lowest BCUT2D eigenvalue weighted by Gasteiger charge is -2.15. The van der Waals surface area contributed by atoms with E-state index in [-0.39, 0.29) is 23.7 Å². The highest BCUT2D eigenvalue weighted by Gasteiger charge is 2.34. The van der Waals surface area contributed by atoms with Crippen molar-refractivity contribution < 1.29 is 22.7 Å². The van der Waals surface area contributed by atoms with E-state index in [0.717, 1.165) is 23.8 Å². The molecular formula is C16H13F3O2. The van der Waals surface area contributed by atoms with Crippen molar-refractivity contribution in [2.24, 2.45) is 0 Å². The Morgan fingerprint density at radius 2 is 1.76 bits per heavy atom. The molecular weight excluding hydrogens is 281 g/mol. The third kappa shape index (κ3) is 3.84. The van der Waals surface area contributed by atoms with Crippen LogP contribution in [0.15, 0.2) is 48.5 Å². The number of halogens is 3. The minimum Gasteiger partial charge on any atom is -0.488 e. The highest BCUT2D eigenvalue weighted by molar-refractivity contribution is 5.94. The first kappa shape index (κ1) is 15.1. The van der Waals surface area contributed by atoms with Gasteiger partial charge in [0.15, 0.2) is 5.78 Å². The van der Waals surface area contributed by atoms with Crippen LogP contribution in [0, 0.1) is 0 Å². The van der Waals surface area contributed by atoms with Gasteiger partial charge in [-0.3, -0.25) is 4.79 Å². The first-order valence-corrected chi connectivity index (χ1v) is 6.27. The molecule has 2 aromatic carbocycles. The van der Waals surface area contributed by atoms with E-state index < -0.39 is 11.7 Å². The molecule has 0 fully saturated rings. The molecule has 0 atom stereocenters. The minimum absolute atomic E-state index is 0.00524. The molecule has 0 aliphatic rings. The lowest BCUT2D eigenvalue weighted by atomic mass is 10.1. The van der Waals surface area contributed by atoms with Crippen molar-refractivity contribution in [3.05, 3.63) is 65.2 Å². The third-order valence-corrected chi connectivity index (χ3v) is 2.93. The lowest BCUT2D eigenvalue weighted by Crippen LogP contribution is -2.10. The highest BCUT2D eigenvalue weighted by atomic mass is 19.4. The van der Waals surface area contributed by atoms with Gasteiger partial charge in [-0.05, 0) is 24.6 Å². The molecule has 2 aromatic rings. The van der Waals surface area contributed by atoms with Gasteiger partial charge in [0.1, 0.15) is 12.4 Å². The smallest absolute Gasteiger partial charge is 0.419 e. The third-order valence-electron chi connectivity index (χ3n) is 2.93. The van der Waals surface area contributed by atoms with E-state index in [0.29, 0.717) is 0 Å². The van der Waals surface area contributed by atoms with Crippen LogP contribution in [0.1, 0.15) is 28.4 Å². The zero-order valence-electron chi connectivity index (χ0n) is 11.3. The summed E-state index contributed by atoms with van der Waals surface area (Å²) in [7, 11) is 0. The molecule has 21 heavy (non-hydrogen) atoms. The molecule has 0 heterocycles. The first-order valence-electron chi connectivity index (χ1n) is 6.27. The number of rotatable bonds is 4. The van der Waals surface area contributed by atoms with Crippen molar-refractivity contribution in [2.45, 2.75) is 19.7 Å². The van der Waals surface area contributed by atoms with E-state index in [2.05, 4.69) is 0 Å². The van der Waals surface area contributed by atoms with Crippen LogP contribution < -0.4 is 4.74 Å². The maximum atomic E-state index is 12.9. The van der Waals surface area contributed by atoms with Gasteiger partial charge in [0.05, 0.1) is 5.56 Å². The standard InChI is InChI=1S/C16H13F3O2/c1-11(20)13-7-8-14(16(17,18)19)15(9-13)21-10-12-5-3-2-4-6-12/h2-9H,10H2,1H3. The van der Waals surface area contributed by atoms with Crippen molar-refractivity contribution in [2.75, 3.05) is 0 Å². The molecule has 2 rings (SSSR count). The molecule has 0 radical (unpaired) electrons. The van der Waals surface area contributed by atoms with Gasteiger partial charge in [-0.2, -0.15) is 13.2 Å². The number of hydrogen-bond donors (Lipinski definition) is 0. The van der Waals surface area contributed by atoms with Gasteiger partial charge in [-0.25, -0.2) is 0 Å². The molecule has 0 unspecified atom stereocenters. The Morgan fingerprint density at radius 3 is 2.33 bits per heavy atom. The lowest BCUT2D eigenvalue weighted by molar-refractivity contribution is -0.139. The van der Waals surface area contributed by atoms with Crippen molar-refractivity contribution >= 4 is 5.78 Å². The maximum Gasteiger partial charge on any atom is 0.419 e. The first-order chi connectivity index (χ1) is 9.88. The van der Waals surface area contributed by atoms with E-state index in [4.69, 9.17) is 4.74 Å². The average molecular weight is 294 g/mol. The molecule has 0 aliphatic carbocycles. The Hall–Kier alpha value is -2.30. The molecule has 0 saturated carbocycles. The fourth-order valence-electron chi connectivity index (χ4n) is 1.83. The second kappa shape index (κ2) is 5.99. The van der Waals surface area contributed by atoms with Gasteiger partial charge < -0.3 is 4.74 Å². The number of carbonyl (C=O) groups is 1. The van der Waals surface area contributed by atoms with Gasteiger partial charge in [0, 0.05) is 5.56 Å². The average Bonchev–Trinajstić information content (AvgIpc) is 2.45. The molecule has 2 nitrogen and oxygen atoms in total. The zero-order chi connectivity index (χ0) is 15.5. The van der Waals surface area contributed by atoms with Crippen LogP contribution in [0.3, 0.4) is 0 Å². The summed E-state index contributed by atoms with van der Waals surface area (Å²) in [5, 5.41) is 0. The van der Waals surface area contributed by atoms with Crippen molar-refractivity contribution in [3.8, 4) is 5.75 Å². The minimum atomic E-state index is -4.53. The normalized spacial score (nSPS) is 11.2. The predicted molar refractivity (Wildman–Crippen MR) is 72.2 cm³/mol. The van der Waals surface area contributed by atoms with Crippen LogP contribution in [0.2, 0.25) is 0 Å². The SMILES string of the molecule is CC(=O)c1ccc(C(F)(F)F)c(OCc2ccccc2)c1. The fourth-order valence-corrected chi connectivity index (χ4v) is 1.83. The Morgan fingerprint density at radius 1 is 1.10 bits per heavy atom. The van der Waals surface area contributed by atoms with Crippen LogP contribution in [0.5, 0.6) is 5.75 Å². The van der Waals surface area contributed by atoms with Crippen LogP contribution in [0.25, 0.3) is 0 Å².